The highest BCUT2D eigenvalue weighted by atomic mass is 79.9. The van der Waals surface area contributed by atoms with Gasteiger partial charge in [0, 0.05) is 23.5 Å². The first-order chi connectivity index (χ1) is 9.83. The zero-order chi connectivity index (χ0) is 15.5. The van der Waals surface area contributed by atoms with Gasteiger partial charge < -0.3 is 10.1 Å². The van der Waals surface area contributed by atoms with Crippen LogP contribution in [0, 0.1) is 5.82 Å². The van der Waals surface area contributed by atoms with Crippen molar-refractivity contribution in [2.75, 3.05) is 0 Å². The minimum absolute atomic E-state index is 0.0668. The highest BCUT2D eigenvalue weighted by molar-refractivity contribution is 9.10. The smallest absolute Gasteiger partial charge is 0.141 e. The zero-order valence-corrected chi connectivity index (χ0v) is 14.6. The molecule has 0 radical (unpaired) electrons. The molecule has 114 valence electrons. The molecule has 0 amide bonds. The largest absolute Gasteiger partial charge is 0.487 e. The van der Waals surface area contributed by atoms with Crippen LogP contribution >= 0.6 is 27.3 Å². The summed E-state index contributed by atoms with van der Waals surface area (Å²) in [4.78, 5) is 4.50. The second-order valence-electron chi connectivity index (χ2n) is 5.70. The second-order valence-corrected chi connectivity index (χ2v) is 7.50. The molecule has 21 heavy (non-hydrogen) atoms. The fraction of sp³-hybridized carbons (Fsp3) is 0.400. The van der Waals surface area contributed by atoms with Gasteiger partial charge in [0.15, 0.2) is 0 Å². The van der Waals surface area contributed by atoms with E-state index in [1.807, 2.05) is 5.38 Å². The molecule has 0 aliphatic rings. The summed E-state index contributed by atoms with van der Waals surface area (Å²) in [6, 6.07) is 4.71. The molecule has 6 heteroatoms. The Labute approximate surface area is 136 Å². The molecule has 3 nitrogen and oxygen atoms in total. The predicted octanol–water partition coefficient (Wildman–Crippen LogP) is 4.51. The van der Waals surface area contributed by atoms with E-state index in [2.05, 4.69) is 47.0 Å². The Hall–Kier alpha value is -0.980. The van der Waals surface area contributed by atoms with Crippen LogP contribution in [0.15, 0.2) is 28.1 Å². The number of nitrogens with one attached hydrogen (secondary N) is 1. The van der Waals surface area contributed by atoms with Crippen LogP contribution < -0.4 is 10.1 Å². The lowest BCUT2D eigenvalue weighted by Gasteiger charge is -2.19. The lowest BCUT2D eigenvalue weighted by Crippen LogP contribution is -2.35. The first-order valence-corrected chi connectivity index (χ1v) is 8.27. The summed E-state index contributed by atoms with van der Waals surface area (Å²) in [6.45, 7) is 7.43. The van der Waals surface area contributed by atoms with E-state index in [0.29, 0.717) is 16.8 Å². The van der Waals surface area contributed by atoms with Gasteiger partial charge in [-0.05, 0) is 48.8 Å². The molecule has 2 aromatic rings. The summed E-state index contributed by atoms with van der Waals surface area (Å²) < 4.78 is 19.4. The van der Waals surface area contributed by atoms with Crippen LogP contribution in [0.25, 0.3) is 0 Å². The summed E-state index contributed by atoms with van der Waals surface area (Å²) in [6.07, 6.45) is 0. The van der Waals surface area contributed by atoms with Gasteiger partial charge in [0.05, 0.1) is 10.2 Å². The lowest BCUT2D eigenvalue weighted by atomic mass is 10.1. The van der Waals surface area contributed by atoms with Crippen molar-refractivity contribution in [1.82, 2.24) is 10.3 Å². The second kappa shape index (κ2) is 6.85. The van der Waals surface area contributed by atoms with Crippen molar-refractivity contribution in [3.05, 3.63) is 44.6 Å². The van der Waals surface area contributed by atoms with Crippen LogP contribution in [-0.2, 0) is 13.2 Å². The average molecular weight is 373 g/mol. The Morgan fingerprint density at radius 3 is 2.81 bits per heavy atom. The fourth-order valence-corrected chi connectivity index (χ4v) is 2.53. The third kappa shape index (κ3) is 5.37. The van der Waals surface area contributed by atoms with E-state index < -0.39 is 0 Å². The van der Waals surface area contributed by atoms with Crippen molar-refractivity contribution < 1.29 is 9.13 Å². The van der Waals surface area contributed by atoms with Gasteiger partial charge in [0.25, 0.3) is 0 Å². The van der Waals surface area contributed by atoms with Crippen LogP contribution in [0.4, 0.5) is 4.39 Å². The van der Waals surface area contributed by atoms with Crippen molar-refractivity contribution >= 4 is 27.3 Å². The molecule has 1 aromatic carbocycles. The van der Waals surface area contributed by atoms with E-state index in [-0.39, 0.29) is 11.4 Å². The van der Waals surface area contributed by atoms with E-state index in [0.717, 1.165) is 17.2 Å². The molecule has 0 spiro atoms. The van der Waals surface area contributed by atoms with Gasteiger partial charge in [-0.3, -0.25) is 0 Å². The molecule has 0 aliphatic heterocycles. The molecule has 0 saturated carbocycles. The summed E-state index contributed by atoms with van der Waals surface area (Å²) in [5.41, 5.74) is 0.922. The number of nitrogens with zero attached hydrogens (tertiary/aromatic N) is 1. The van der Waals surface area contributed by atoms with Crippen LogP contribution in [0.1, 0.15) is 31.5 Å². The SMILES string of the molecule is CC(C)(C)NCc1nc(COc2ccc(Br)c(F)c2)cs1. The van der Waals surface area contributed by atoms with E-state index in [1.165, 1.54) is 6.07 Å². The van der Waals surface area contributed by atoms with Gasteiger partial charge >= 0.3 is 0 Å². The molecular weight excluding hydrogens is 355 g/mol. The third-order valence-electron chi connectivity index (χ3n) is 2.65. The first kappa shape index (κ1) is 16.4. The zero-order valence-electron chi connectivity index (χ0n) is 12.2. The number of benzene rings is 1. The molecule has 1 aromatic heterocycles. The van der Waals surface area contributed by atoms with Crippen LogP contribution in [-0.4, -0.2) is 10.5 Å². The molecule has 0 aliphatic carbocycles. The lowest BCUT2D eigenvalue weighted by molar-refractivity contribution is 0.300. The Balaban J connectivity index is 1.89. The normalized spacial score (nSPS) is 11.7. The molecular formula is C15H18BrFN2OS. The number of rotatable bonds is 5. The molecule has 0 atom stereocenters. The number of aromatic nitrogens is 1. The highest BCUT2D eigenvalue weighted by Gasteiger charge is 2.10. The van der Waals surface area contributed by atoms with Crippen molar-refractivity contribution in [2.45, 2.75) is 39.5 Å². The molecule has 1 N–H and O–H groups in total. The van der Waals surface area contributed by atoms with Crippen molar-refractivity contribution in [3.8, 4) is 5.75 Å². The minimum Gasteiger partial charge on any atom is -0.487 e. The molecule has 0 bridgehead atoms. The van der Waals surface area contributed by atoms with Crippen molar-refractivity contribution in [1.29, 1.82) is 0 Å². The van der Waals surface area contributed by atoms with Gasteiger partial charge in [-0.1, -0.05) is 0 Å². The maximum atomic E-state index is 13.4. The standard InChI is InChI=1S/C15H18BrFN2OS/c1-15(2,3)18-7-14-19-10(9-21-14)8-20-11-4-5-12(16)13(17)6-11/h4-6,9,18H,7-8H2,1-3H3. The number of hydrogen-bond donors (Lipinski definition) is 1. The topological polar surface area (TPSA) is 34.2 Å². The number of halogens is 2. The van der Waals surface area contributed by atoms with Gasteiger partial charge in [-0.25, -0.2) is 9.37 Å². The Morgan fingerprint density at radius 1 is 1.38 bits per heavy atom. The molecule has 0 saturated heterocycles. The van der Waals surface area contributed by atoms with Crippen LogP contribution in [0.3, 0.4) is 0 Å². The Morgan fingerprint density at radius 2 is 2.14 bits per heavy atom. The summed E-state index contributed by atoms with van der Waals surface area (Å²) in [5, 5.41) is 6.38. The first-order valence-electron chi connectivity index (χ1n) is 6.60. The molecule has 0 fully saturated rings. The summed E-state index contributed by atoms with van der Waals surface area (Å²) in [5.74, 6) is 0.166. The van der Waals surface area contributed by atoms with E-state index in [4.69, 9.17) is 4.74 Å². The number of hydrogen-bond acceptors (Lipinski definition) is 4. The van der Waals surface area contributed by atoms with Gasteiger partial charge in [0.2, 0.25) is 0 Å². The summed E-state index contributed by atoms with van der Waals surface area (Å²) >= 11 is 4.71. The molecule has 2 rings (SSSR count). The predicted molar refractivity (Wildman–Crippen MR) is 87.1 cm³/mol. The van der Waals surface area contributed by atoms with Gasteiger partial charge in [-0.15, -0.1) is 11.3 Å². The summed E-state index contributed by atoms with van der Waals surface area (Å²) in [7, 11) is 0. The number of thiazole rings is 1. The maximum absolute atomic E-state index is 13.4. The average Bonchev–Trinajstić information content (AvgIpc) is 2.85. The van der Waals surface area contributed by atoms with E-state index >= 15 is 0 Å². The van der Waals surface area contributed by atoms with E-state index in [9.17, 15) is 4.39 Å². The van der Waals surface area contributed by atoms with E-state index in [1.54, 1.807) is 23.5 Å². The van der Waals surface area contributed by atoms with Crippen LogP contribution in [0.5, 0.6) is 5.75 Å². The Kier molecular flexibility index (Phi) is 5.35. The van der Waals surface area contributed by atoms with Crippen molar-refractivity contribution in [3.63, 3.8) is 0 Å². The Bertz CT molecular complexity index is 610. The van der Waals surface area contributed by atoms with Gasteiger partial charge in [0.1, 0.15) is 23.2 Å². The minimum atomic E-state index is -0.333. The van der Waals surface area contributed by atoms with Crippen LogP contribution in [0.2, 0.25) is 0 Å². The molecule has 0 unspecified atom stereocenters. The van der Waals surface area contributed by atoms with Gasteiger partial charge in [-0.2, -0.15) is 0 Å². The number of ether oxygens (including phenoxy) is 1. The quantitative estimate of drug-likeness (QED) is 0.837. The third-order valence-corrected chi connectivity index (χ3v) is 4.19. The monoisotopic (exact) mass is 372 g/mol. The van der Waals surface area contributed by atoms with Crippen molar-refractivity contribution in [2.24, 2.45) is 0 Å². The fourth-order valence-electron chi connectivity index (χ4n) is 1.56. The highest BCUT2D eigenvalue weighted by Crippen LogP contribution is 2.22. The maximum Gasteiger partial charge on any atom is 0.141 e. The molecule has 1 heterocycles.